The molecule has 0 aliphatic rings. The minimum Gasteiger partial charge on any atom is -0.456 e. The molecule has 148 valence electrons. The van der Waals surface area contributed by atoms with Crippen molar-refractivity contribution < 1.29 is 19.1 Å². The molecule has 0 radical (unpaired) electrons. The number of benzene rings is 2. The predicted molar refractivity (Wildman–Crippen MR) is 110 cm³/mol. The van der Waals surface area contributed by atoms with Crippen LogP contribution in [0.3, 0.4) is 0 Å². The fraction of sp³-hybridized carbons (Fsp3) is 0.167. The van der Waals surface area contributed by atoms with Gasteiger partial charge in [0.1, 0.15) is 0 Å². The van der Waals surface area contributed by atoms with Gasteiger partial charge in [0, 0.05) is 16.5 Å². The summed E-state index contributed by atoms with van der Waals surface area (Å²) >= 11 is 23.5. The van der Waals surface area contributed by atoms with E-state index in [0.29, 0.717) is 26.4 Å². The molecule has 2 rings (SSSR count). The molecule has 2 aromatic rings. The van der Waals surface area contributed by atoms with Gasteiger partial charge in [-0.2, -0.15) is 0 Å². The van der Waals surface area contributed by atoms with Gasteiger partial charge in [-0.05, 0) is 36.4 Å². The molecule has 0 aromatic heterocycles. The van der Waals surface area contributed by atoms with Gasteiger partial charge in [0.2, 0.25) is 5.91 Å². The molecule has 0 aliphatic carbocycles. The zero-order chi connectivity index (χ0) is 20.7. The van der Waals surface area contributed by atoms with E-state index in [2.05, 4.69) is 10.6 Å². The van der Waals surface area contributed by atoms with Crippen LogP contribution in [0.5, 0.6) is 0 Å². The van der Waals surface area contributed by atoms with Gasteiger partial charge in [-0.15, -0.1) is 0 Å². The van der Waals surface area contributed by atoms with E-state index in [1.807, 2.05) is 0 Å². The third kappa shape index (κ3) is 7.20. The van der Waals surface area contributed by atoms with Crippen LogP contribution in [0.1, 0.15) is 12.8 Å². The molecule has 2 amide bonds. The van der Waals surface area contributed by atoms with Crippen molar-refractivity contribution in [3.63, 3.8) is 0 Å². The van der Waals surface area contributed by atoms with Crippen LogP contribution in [0, 0.1) is 0 Å². The molecule has 0 bridgehead atoms. The van der Waals surface area contributed by atoms with Crippen LogP contribution in [0.2, 0.25) is 20.1 Å². The Morgan fingerprint density at radius 2 is 1.39 bits per heavy atom. The van der Waals surface area contributed by atoms with Gasteiger partial charge in [0.25, 0.3) is 5.91 Å². The topological polar surface area (TPSA) is 84.5 Å². The van der Waals surface area contributed by atoms with Crippen molar-refractivity contribution in [3.05, 3.63) is 56.5 Å². The van der Waals surface area contributed by atoms with Gasteiger partial charge in [-0.3, -0.25) is 14.4 Å². The number of carbonyl (C=O) groups excluding carboxylic acids is 3. The summed E-state index contributed by atoms with van der Waals surface area (Å²) in [6.07, 6.45) is -0.345. The minimum atomic E-state index is -0.704. The van der Waals surface area contributed by atoms with E-state index in [1.54, 1.807) is 18.2 Å². The van der Waals surface area contributed by atoms with Crippen LogP contribution in [0.15, 0.2) is 36.4 Å². The first kappa shape index (κ1) is 22.3. The number of carbonyl (C=O) groups is 3. The SMILES string of the molecule is O=C(CCC(=O)OCC(=O)Nc1cc(Cl)ccc1Cl)Nc1ccc(Cl)cc1Cl. The largest absolute Gasteiger partial charge is 0.456 e. The number of hydrogen-bond acceptors (Lipinski definition) is 4. The fourth-order valence-electron chi connectivity index (χ4n) is 2.02. The number of amides is 2. The third-order valence-electron chi connectivity index (χ3n) is 3.33. The third-order valence-corrected chi connectivity index (χ3v) is 4.44. The van der Waals surface area contributed by atoms with E-state index in [-0.39, 0.29) is 17.9 Å². The Morgan fingerprint density at radius 1 is 0.750 bits per heavy atom. The van der Waals surface area contributed by atoms with Gasteiger partial charge >= 0.3 is 5.97 Å². The Labute approximate surface area is 181 Å². The van der Waals surface area contributed by atoms with Gasteiger partial charge in [0.15, 0.2) is 6.61 Å². The molecule has 28 heavy (non-hydrogen) atoms. The van der Waals surface area contributed by atoms with Crippen molar-refractivity contribution in [2.24, 2.45) is 0 Å². The van der Waals surface area contributed by atoms with Gasteiger partial charge < -0.3 is 15.4 Å². The molecular formula is C18H14Cl4N2O4. The summed E-state index contributed by atoms with van der Waals surface area (Å²) in [4.78, 5) is 35.4. The van der Waals surface area contributed by atoms with Crippen LogP contribution < -0.4 is 10.6 Å². The Hall–Kier alpha value is -1.99. The lowest BCUT2D eigenvalue weighted by atomic mass is 10.2. The maximum Gasteiger partial charge on any atom is 0.306 e. The summed E-state index contributed by atoms with van der Waals surface area (Å²) < 4.78 is 4.84. The first-order valence-electron chi connectivity index (χ1n) is 7.90. The zero-order valence-electron chi connectivity index (χ0n) is 14.2. The van der Waals surface area contributed by atoms with Crippen LogP contribution in [0.4, 0.5) is 11.4 Å². The Kier molecular flexibility index (Phi) is 8.38. The van der Waals surface area contributed by atoms with E-state index in [9.17, 15) is 14.4 Å². The van der Waals surface area contributed by atoms with Crippen LogP contribution in [-0.2, 0) is 19.1 Å². The van der Waals surface area contributed by atoms with Gasteiger partial charge in [-0.1, -0.05) is 46.4 Å². The van der Waals surface area contributed by atoms with Crippen molar-refractivity contribution in [2.45, 2.75) is 12.8 Å². The fourth-order valence-corrected chi connectivity index (χ4v) is 2.81. The molecule has 0 saturated heterocycles. The molecule has 10 heteroatoms. The molecule has 2 aromatic carbocycles. The Balaban J connectivity index is 1.74. The van der Waals surface area contributed by atoms with E-state index in [4.69, 9.17) is 51.1 Å². The second-order valence-corrected chi connectivity index (χ2v) is 7.19. The summed E-state index contributed by atoms with van der Waals surface area (Å²) in [6, 6.07) is 9.17. The second kappa shape index (κ2) is 10.5. The lowest BCUT2D eigenvalue weighted by molar-refractivity contribution is -0.147. The van der Waals surface area contributed by atoms with Gasteiger partial charge in [-0.25, -0.2) is 0 Å². The highest BCUT2D eigenvalue weighted by molar-refractivity contribution is 6.37. The van der Waals surface area contributed by atoms with Crippen LogP contribution in [-0.4, -0.2) is 24.4 Å². The molecule has 0 heterocycles. The van der Waals surface area contributed by atoms with Gasteiger partial charge in [0.05, 0.1) is 27.8 Å². The number of halogens is 4. The molecule has 0 spiro atoms. The zero-order valence-corrected chi connectivity index (χ0v) is 17.3. The standard InChI is InChI=1S/C18H14Cl4N2O4/c19-10-2-4-14(13(22)7-10)23-16(25)5-6-18(27)28-9-17(26)24-15-8-11(20)1-3-12(15)21/h1-4,7-8H,5-6,9H2,(H,23,25)(H,24,26). The molecule has 0 saturated carbocycles. The summed E-state index contributed by atoms with van der Waals surface area (Å²) in [6.45, 7) is -0.522. The maximum absolute atomic E-state index is 11.9. The van der Waals surface area contributed by atoms with Crippen molar-refractivity contribution in [1.82, 2.24) is 0 Å². The molecule has 0 aliphatic heterocycles. The average molecular weight is 464 g/mol. The monoisotopic (exact) mass is 462 g/mol. The molecule has 0 fully saturated rings. The smallest absolute Gasteiger partial charge is 0.306 e. The highest BCUT2D eigenvalue weighted by Gasteiger charge is 2.13. The molecule has 6 nitrogen and oxygen atoms in total. The highest BCUT2D eigenvalue weighted by Crippen LogP contribution is 2.26. The summed E-state index contributed by atoms with van der Waals surface area (Å²) in [5, 5.41) is 6.43. The number of nitrogens with one attached hydrogen (secondary N) is 2. The van der Waals surface area contributed by atoms with Crippen molar-refractivity contribution in [1.29, 1.82) is 0 Å². The number of ether oxygens (including phenoxy) is 1. The van der Waals surface area contributed by atoms with E-state index >= 15 is 0 Å². The van der Waals surface area contributed by atoms with Crippen LogP contribution >= 0.6 is 46.4 Å². The Bertz CT molecular complexity index is 905. The molecular weight excluding hydrogens is 450 g/mol. The van der Waals surface area contributed by atoms with Crippen LogP contribution in [0.25, 0.3) is 0 Å². The summed E-state index contributed by atoms with van der Waals surface area (Å²) in [7, 11) is 0. The lowest BCUT2D eigenvalue weighted by Crippen LogP contribution is -2.22. The van der Waals surface area contributed by atoms with Crippen molar-refractivity contribution >= 4 is 75.6 Å². The molecule has 0 unspecified atom stereocenters. The lowest BCUT2D eigenvalue weighted by Gasteiger charge is -2.09. The number of rotatable bonds is 7. The normalized spacial score (nSPS) is 10.3. The summed E-state index contributed by atoms with van der Waals surface area (Å²) in [5.74, 6) is -1.73. The van der Waals surface area contributed by atoms with Crippen molar-refractivity contribution in [3.8, 4) is 0 Å². The van der Waals surface area contributed by atoms with E-state index < -0.39 is 24.4 Å². The average Bonchev–Trinajstić information content (AvgIpc) is 2.63. The number of anilines is 2. The van der Waals surface area contributed by atoms with E-state index in [1.165, 1.54) is 18.2 Å². The minimum absolute atomic E-state index is 0.139. The number of hydrogen-bond donors (Lipinski definition) is 2. The number of esters is 1. The van der Waals surface area contributed by atoms with E-state index in [0.717, 1.165) is 0 Å². The summed E-state index contributed by atoms with van der Waals surface area (Å²) in [5.41, 5.74) is 0.677. The second-order valence-electron chi connectivity index (χ2n) is 5.51. The molecule has 0 atom stereocenters. The molecule has 2 N–H and O–H groups in total. The highest BCUT2D eigenvalue weighted by atomic mass is 35.5. The maximum atomic E-state index is 11.9. The first-order chi connectivity index (χ1) is 13.2. The quantitative estimate of drug-likeness (QED) is 0.552. The predicted octanol–water partition coefficient (Wildman–Crippen LogP) is 5.20. The van der Waals surface area contributed by atoms with Crippen molar-refractivity contribution in [2.75, 3.05) is 17.2 Å². The first-order valence-corrected chi connectivity index (χ1v) is 9.41. The Morgan fingerprint density at radius 3 is 2.11 bits per heavy atom.